The third kappa shape index (κ3) is 3.58. The lowest BCUT2D eigenvalue weighted by Crippen LogP contribution is -2.35. The van der Waals surface area contributed by atoms with Gasteiger partial charge in [-0.1, -0.05) is 12.8 Å². The maximum Gasteiger partial charge on any atom is 0.160 e. The Bertz CT molecular complexity index is 176. The molecule has 0 spiro atoms. The molecule has 0 N–H and O–H groups in total. The van der Waals surface area contributed by atoms with Crippen LogP contribution in [0.1, 0.15) is 39.5 Å². The minimum atomic E-state index is -0.185. The van der Waals surface area contributed by atoms with Crippen molar-refractivity contribution in [2.75, 3.05) is 13.2 Å². The van der Waals surface area contributed by atoms with Gasteiger partial charge in [-0.15, -0.1) is 0 Å². The number of hydrogen-bond acceptors (Lipinski definition) is 3. The second kappa shape index (κ2) is 6.96. The summed E-state index contributed by atoms with van der Waals surface area (Å²) in [5.74, 6) is 0.387. The van der Waals surface area contributed by atoms with E-state index in [1.807, 2.05) is 13.8 Å². The highest BCUT2D eigenvalue weighted by Gasteiger charge is 2.32. The molecule has 2 unspecified atom stereocenters. The van der Waals surface area contributed by atoms with Gasteiger partial charge in [0.25, 0.3) is 0 Å². The van der Waals surface area contributed by atoms with Crippen LogP contribution >= 0.6 is 0 Å². The molecule has 0 aromatic carbocycles. The molecular formula is C12H22O3. The van der Waals surface area contributed by atoms with Crippen LogP contribution in [0.2, 0.25) is 0 Å². The van der Waals surface area contributed by atoms with Crippen molar-refractivity contribution in [2.24, 2.45) is 11.8 Å². The molecule has 0 aromatic heterocycles. The van der Waals surface area contributed by atoms with Crippen molar-refractivity contribution in [2.45, 2.75) is 45.8 Å². The van der Waals surface area contributed by atoms with E-state index in [0.717, 1.165) is 25.5 Å². The molecule has 0 amide bonds. The first-order chi connectivity index (χ1) is 7.33. The first kappa shape index (κ1) is 12.7. The van der Waals surface area contributed by atoms with Gasteiger partial charge in [0.2, 0.25) is 0 Å². The lowest BCUT2D eigenvalue weighted by molar-refractivity contribution is -0.183. The second-order valence-electron chi connectivity index (χ2n) is 4.03. The zero-order chi connectivity index (χ0) is 11.1. The lowest BCUT2D eigenvalue weighted by atomic mass is 9.79. The maximum atomic E-state index is 11.0. The Kier molecular flexibility index (Phi) is 5.88. The van der Waals surface area contributed by atoms with Crippen LogP contribution in [-0.4, -0.2) is 25.8 Å². The van der Waals surface area contributed by atoms with Crippen molar-refractivity contribution in [3.05, 3.63) is 0 Å². The van der Waals surface area contributed by atoms with E-state index in [2.05, 4.69) is 0 Å². The number of hydrogen-bond donors (Lipinski definition) is 0. The van der Waals surface area contributed by atoms with E-state index in [-0.39, 0.29) is 18.1 Å². The van der Waals surface area contributed by atoms with Gasteiger partial charge in [-0.25, -0.2) is 0 Å². The Morgan fingerprint density at radius 2 is 1.80 bits per heavy atom. The molecule has 1 saturated carbocycles. The third-order valence-electron chi connectivity index (χ3n) is 3.06. The molecule has 1 fully saturated rings. The second-order valence-corrected chi connectivity index (χ2v) is 4.03. The van der Waals surface area contributed by atoms with Crippen molar-refractivity contribution < 1.29 is 14.3 Å². The van der Waals surface area contributed by atoms with E-state index >= 15 is 0 Å². The standard InChI is InChI=1S/C12H22O3/c1-3-14-12(15-4-2)11-8-6-5-7-10(11)9-13/h9-12H,3-8H2,1-2H3. The van der Waals surface area contributed by atoms with Gasteiger partial charge in [-0.3, -0.25) is 0 Å². The summed E-state index contributed by atoms with van der Waals surface area (Å²) in [5.41, 5.74) is 0. The Morgan fingerprint density at radius 1 is 1.20 bits per heavy atom. The Balaban J connectivity index is 2.56. The average molecular weight is 214 g/mol. The van der Waals surface area contributed by atoms with Crippen LogP contribution < -0.4 is 0 Å². The zero-order valence-corrected chi connectivity index (χ0v) is 9.78. The molecule has 0 heterocycles. The average Bonchev–Trinajstić information content (AvgIpc) is 2.29. The van der Waals surface area contributed by atoms with Gasteiger partial charge in [0.05, 0.1) is 0 Å². The van der Waals surface area contributed by atoms with Crippen LogP contribution in [0, 0.1) is 11.8 Å². The highest BCUT2D eigenvalue weighted by Crippen LogP contribution is 2.32. The van der Waals surface area contributed by atoms with Gasteiger partial charge in [0, 0.05) is 25.0 Å². The fourth-order valence-corrected chi connectivity index (χ4v) is 2.32. The van der Waals surface area contributed by atoms with E-state index in [1.54, 1.807) is 0 Å². The number of ether oxygens (including phenoxy) is 2. The predicted octanol–water partition coefficient (Wildman–Crippen LogP) is 2.39. The Labute approximate surface area is 92.1 Å². The summed E-state index contributed by atoms with van der Waals surface area (Å²) in [7, 11) is 0. The fraction of sp³-hybridized carbons (Fsp3) is 0.917. The van der Waals surface area contributed by atoms with Crippen LogP contribution in [0.15, 0.2) is 0 Å². The van der Waals surface area contributed by atoms with E-state index in [9.17, 15) is 4.79 Å². The molecule has 0 aliphatic heterocycles. The molecule has 0 aromatic rings. The maximum absolute atomic E-state index is 11.0. The minimum Gasteiger partial charge on any atom is -0.353 e. The van der Waals surface area contributed by atoms with Gasteiger partial charge in [-0.2, -0.15) is 0 Å². The molecule has 0 bridgehead atoms. The number of carbonyl (C=O) groups is 1. The summed E-state index contributed by atoms with van der Waals surface area (Å²) < 4.78 is 11.1. The molecule has 0 radical (unpaired) electrons. The smallest absolute Gasteiger partial charge is 0.160 e. The summed E-state index contributed by atoms with van der Waals surface area (Å²) in [5, 5.41) is 0. The molecule has 3 heteroatoms. The zero-order valence-electron chi connectivity index (χ0n) is 9.78. The molecule has 3 nitrogen and oxygen atoms in total. The van der Waals surface area contributed by atoms with Crippen molar-refractivity contribution in [1.29, 1.82) is 0 Å². The molecule has 2 atom stereocenters. The topological polar surface area (TPSA) is 35.5 Å². The van der Waals surface area contributed by atoms with E-state index in [0.29, 0.717) is 13.2 Å². The SMILES string of the molecule is CCOC(OCC)C1CCCCC1C=O. The molecule has 1 aliphatic rings. The summed E-state index contributed by atoms with van der Waals surface area (Å²) in [6.45, 7) is 5.22. The predicted molar refractivity (Wildman–Crippen MR) is 58.6 cm³/mol. The normalized spacial score (nSPS) is 26.9. The molecule has 1 rings (SSSR count). The minimum absolute atomic E-state index is 0.127. The van der Waals surface area contributed by atoms with Gasteiger partial charge >= 0.3 is 0 Å². The molecule has 1 aliphatic carbocycles. The van der Waals surface area contributed by atoms with Crippen LogP contribution in [-0.2, 0) is 14.3 Å². The lowest BCUT2D eigenvalue weighted by Gasteiger charge is -2.33. The summed E-state index contributed by atoms with van der Waals surface area (Å²) >= 11 is 0. The van der Waals surface area contributed by atoms with Crippen molar-refractivity contribution in [3.63, 3.8) is 0 Å². The molecule has 0 saturated heterocycles. The largest absolute Gasteiger partial charge is 0.353 e. The number of carbonyl (C=O) groups excluding carboxylic acids is 1. The van der Waals surface area contributed by atoms with Gasteiger partial charge in [0.15, 0.2) is 6.29 Å². The first-order valence-corrected chi connectivity index (χ1v) is 6.02. The molecule has 88 valence electrons. The van der Waals surface area contributed by atoms with Gasteiger partial charge in [-0.05, 0) is 26.7 Å². The first-order valence-electron chi connectivity index (χ1n) is 6.02. The van der Waals surface area contributed by atoms with Crippen molar-refractivity contribution >= 4 is 6.29 Å². The van der Waals surface area contributed by atoms with Gasteiger partial charge in [0.1, 0.15) is 6.29 Å². The quantitative estimate of drug-likeness (QED) is 0.503. The summed E-state index contributed by atoms with van der Waals surface area (Å²) in [6.07, 6.45) is 5.28. The molecule has 15 heavy (non-hydrogen) atoms. The Hall–Kier alpha value is -0.410. The summed E-state index contributed by atoms with van der Waals surface area (Å²) in [6, 6.07) is 0. The summed E-state index contributed by atoms with van der Waals surface area (Å²) in [4.78, 5) is 11.0. The van der Waals surface area contributed by atoms with Crippen molar-refractivity contribution in [3.8, 4) is 0 Å². The Morgan fingerprint density at radius 3 is 2.33 bits per heavy atom. The van der Waals surface area contributed by atoms with Crippen LogP contribution in [0.25, 0.3) is 0 Å². The fourth-order valence-electron chi connectivity index (χ4n) is 2.32. The monoisotopic (exact) mass is 214 g/mol. The van der Waals surface area contributed by atoms with E-state index in [4.69, 9.17) is 9.47 Å². The van der Waals surface area contributed by atoms with Crippen LogP contribution in [0.5, 0.6) is 0 Å². The van der Waals surface area contributed by atoms with E-state index in [1.165, 1.54) is 6.42 Å². The van der Waals surface area contributed by atoms with Gasteiger partial charge < -0.3 is 14.3 Å². The third-order valence-corrected chi connectivity index (χ3v) is 3.06. The van der Waals surface area contributed by atoms with Crippen molar-refractivity contribution in [1.82, 2.24) is 0 Å². The van der Waals surface area contributed by atoms with Crippen LogP contribution in [0.4, 0.5) is 0 Å². The van der Waals surface area contributed by atoms with E-state index < -0.39 is 0 Å². The highest BCUT2D eigenvalue weighted by molar-refractivity contribution is 5.54. The molecular weight excluding hydrogens is 192 g/mol. The number of aldehydes is 1. The highest BCUT2D eigenvalue weighted by atomic mass is 16.7. The van der Waals surface area contributed by atoms with Crippen LogP contribution in [0.3, 0.4) is 0 Å². The number of rotatable bonds is 6.